The van der Waals surface area contributed by atoms with Crippen LogP contribution >= 0.6 is 11.6 Å². The minimum absolute atomic E-state index is 0.103. The van der Waals surface area contributed by atoms with Gasteiger partial charge in [-0.2, -0.15) is 5.26 Å². The first-order chi connectivity index (χ1) is 9.10. The molecule has 0 saturated heterocycles. The number of nitriles is 1. The Morgan fingerprint density at radius 1 is 1.53 bits per heavy atom. The summed E-state index contributed by atoms with van der Waals surface area (Å²) in [5, 5.41) is 11.9. The normalized spacial score (nSPS) is 15.3. The largest absolute Gasteiger partial charge is 0.462 e. The van der Waals surface area contributed by atoms with Crippen LogP contribution in [0.4, 0.5) is 0 Å². The Balaban J connectivity index is 2.64. The maximum absolute atomic E-state index is 11.8. The molecule has 1 heterocycles. The van der Waals surface area contributed by atoms with Crippen LogP contribution in [0.1, 0.15) is 22.8 Å². The van der Waals surface area contributed by atoms with Crippen LogP contribution in [0.25, 0.3) is 5.70 Å². The van der Waals surface area contributed by atoms with E-state index < -0.39 is 11.9 Å². The Labute approximate surface area is 114 Å². The van der Waals surface area contributed by atoms with Crippen molar-refractivity contribution >= 4 is 29.2 Å². The van der Waals surface area contributed by atoms with Gasteiger partial charge in [-0.1, -0.05) is 17.7 Å². The molecule has 0 bridgehead atoms. The fourth-order valence-corrected chi connectivity index (χ4v) is 2.07. The Morgan fingerprint density at radius 3 is 2.89 bits per heavy atom. The number of halogens is 1. The maximum atomic E-state index is 11.8. The fraction of sp³-hybridized carbons (Fsp3) is 0.154. The van der Waals surface area contributed by atoms with Gasteiger partial charge in [-0.3, -0.25) is 4.79 Å². The first kappa shape index (κ1) is 13.1. The van der Waals surface area contributed by atoms with Crippen molar-refractivity contribution in [2.45, 2.75) is 6.92 Å². The summed E-state index contributed by atoms with van der Waals surface area (Å²) in [4.78, 5) is 23.5. The lowest BCUT2D eigenvalue weighted by atomic mass is 10.0. The van der Waals surface area contributed by atoms with E-state index in [2.05, 4.69) is 5.32 Å². The van der Waals surface area contributed by atoms with Crippen LogP contribution in [0.5, 0.6) is 0 Å². The number of ether oxygens (including phenoxy) is 1. The quantitative estimate of drug-likeness (QED) is 0.508. The van der Waals surface area contributed by atoms with Crippen molar-refractivity contribution in [2.75, 3.05) is 6.61 Å². The van der Waals surface area contributed by atoms with E-state index >= 15 is 0 Å². The lowest BCUT2D eigenvalue weighted by Gasteiger charge is -2.05. The first-order valence-electron chi connectivity index (χ1n) is 5.51. The van der Waals surface area contributed by atoms with E-state index in [1.165, 1.54) is 0 Å². The van der Waals surface area contributed by atoms with E-state index in [9.17, 15) is 9.59 Å². The molecule has 0 aromatic heterocycles. The van der Waals surface area contributed by atoms with Gasteiger partial charge in [-0.25, -0.2) is 4.79 Å². The van der Waals surface area contributed by atoms with Gasteiger partial charge in [0.25, 0.3) is 5.91 Å². The number of hydrogen-bond donors (Lipinski definition) is 1. The molecule has 0 aliphatic carbocycles. The molecule has 5 nitrogen and oxygen atoms in total. The number of fused-ring (bicyclic) bond motifs is 1. The van der Waals surface area contributed by atoms with Gasteiger partial charge in [0.15, 0.2) is 5.57 Å². The van der Waals surface area contributed by atoms with Gasteiger partial charge in [-0.05, 0) is 19.1 Å². The molecule has 1 aromatic rings. The Bertz CT molecular complexity index is 644. The molecule has 1 aromatic carbocycles. The van der Waals surface area contributed by atoms with Gasteiger partial charge in [0.05, 0.1) is 22.9 Å². The second-order valence-electron chi connectivity index (χ2n) is 3.70. The molecule has 96 valence electrons. The van der Waals surface area contributed by atoms with E-state index in [1.807, 2.05) is 0 Å². The van der Waals surface area contributed by atoms with Gasteiger partial charge < -0.3 is 10.1 Å². The number of amides is 1. The molecular weight excluding hydrogens is 268 g/mol. The number of rotatable bonds is 2. The zero-order valence-corrected chi connectivity index (χ0v) is 10.7. The van der Waals surface area contributed by atoms with Gasteiger partial charge in [0.2, 0.25) is 0 Å². The molecule has 6 heteroatoms. The molecule has 19 heavy (non-hydrogen) atoms. The summed E-state index contributed by atoms with van der Waals surface area (Å²) in [6.07, 6.45) is 0. The molecule has 1 aliphatic heterocycles. The third-order valence-corrected chi connectivity index (χ3v) is 2.90. The zero-order chi connectivity index (χ0) is 14.0. The highest BCUT2D eigenvalue weighted by Gasteiger charge is 2.31. The average Bonchev–Trinajstić information content (AvgIpc) is 2.70. The summed E-state index contributed by atoms with van der Waals surface area (Å²) in [6, 6.07) is 6.53. The average molecular weight is 277 g/mol. The number of hydrogen-bond acceptors (Lipinski definition) is 4. The van der Waals surface area contributed by atoms with Crippen molar-refractivity contribution in [3.05, 3.63) is 39.9 Å². The number of carbonyl (C=O) groups excluding carboxylic acids is 2. The minimum Gasteiger partial charge on any atom is -0.462 e. The summed E-state index contributed by atoms with van der Waals surface area (Å²) in [7, 11) is 0. The summed E-state index contributed by atoms with van der Waals surface area (Å²) in [5.74, 6) is -1.18. The van der Waals surface area contributed by atoms with Gasteiger partial charge in [0, 0.05) is 5.56 Å². The van der Waals surface area contributed by atoms with E-state index in [0.717, 1.165) is 0 Å². The SMILES string of the molecule is CCOC(=O)/C(C#N)=C1\NC(=O)c2cccc(Cl)c21. The van der Waals surface area contributed by atoms with Crippen LogP contribution < -0.4 is 5.32 Å². The fourth-order valence-electron chi connectivity index (χ4n) is 1.81. The topological polar surface area (TPSA) is 79.2 Å². The summed E-state index contributed by atoms with van der Waals surface area (Å²) in [6.45, 7) is 1.77. The highest BCUT2D eigenvalue weighted by molar-refractivity contribution is 6.34. The maximum Gasteiger partial charge on any atom is 0.351 e. The smallest absolute Gasteiger partial charge is 0.351 e. The Morgan fingerprint density at radius 2 is 2.26 bits per heavy atom. The van der Waals surface area contributed by atoms with E-state index in [1.54, 1.807) is 31.2 Å². The lowest BCUT2D eigenvalue weighted by Crippen LogP contribution is -2.17. The molecule has 1 amide bonds. The molecule has 2 rings (SSSR count). The predicted molar refractivity (Wildman–Crippen MR) is 68.1 cm³/mol. The van der Waals surface area contributed by atoms with Crippen LogP contribution in [0.15, 0.2) is 23.8 Å². The third-order valence-electron chi connectivity index (χ3n) is 2.59. The molecule has 0 atom stereocenters. The molecule has 0 radical (unpaired) electrons. The van der Waals surface area contributed by atoms with E-state index in [-0.39, 0.29) is 17.9 Å². The number of nitrogens with zero attached hydrogens (tertiary/aromatic N) is 1. The number of nitrogens with one attached hydrogen (secondary N) is 1. The predicted octanol–water partition coefficient (Wildman–Crippen LogP) is 1.88. The van der Waals surface area contributed by atoms with Crippen molar-refractivity contribution in [3.8, 4) is 6.07 Å². The molecular formula is C13H9ClN2O3. The second-order valence-corrected chi connectivity index (χ2v) is 4.11. The minimum atomic E-state index is -0.784. The molecule has 0 saturated carbocycles. The summed E-state index contributed by atoms with van der Waals surface area (Å²) < 4.78 is 4.78. The van der Waals surface area contributed by atoms with Crippen molar-refractivity contribution < 1.29 is 14.3 Å². The number of carbonyl (C=O) groups is 2. The van der Waals surface area contributed by atoms with Gasteiger partial charge >= 0.3 is 5.97 Å². The zero-order valence-electron chi connectivity index (χ0n) is 9.99. The Kier molecular flexibility index (Phi) is 3.54. The van der Waals surface area contributed by atoms with Crippen molar-refractivity contribution in [1.29, 1.82) is 5.26 Å². The molecule has 0 unspecified atom stereocenters. The van der Waals surface area contributed by atoms with E-state index in [0.29, 0.717) is 16.1 Å². The van der Waals surface area contributed by atoms with Crippen molar-refractivity contribution in [2.24, 2.45) is 0 Å². The van der Waals surface area contributed by atoms with Crippen LogP contribution in [0.2, 0.25) is 5.02 Å². The van der Waals surface area contributed by atoms with Crippen molar-refractivity contribution in [3.63, 3.8) is 0 Å². The van der Waals surface area contributed by atoms with E-state index in [4.69, 9.17) is 21.6 Å². The van der Waals surface area contributed by atoms with Gasteiger partial charge in [-0.15, -0.1) is 0 Å². The summed E-state index contributed by atoms with van der Waals surface area (Å²) in [5.41, 5.74) is 0.534. The number of benzene rings is 1. The van der Waals surface area contributed by atoms with Crippen molar-refractivity contribution in [1.82, 2.24) is 5.32 Å². The van der Waals surface area contributed by atoms with Crippen LogP contribution in [-0.4, -0.2) is 18.5 Å². The standard InChI is InChI=1S/C13H9ClN2O3/c1-2-19-13(18)8(6-15)11-10-7(12(17)16-11)4-3-5-9(10)14/h3-5H,2H2,1H3,(H,16,17)/b11-8-. The second kappa shape index (κ2) is 5.12. The molecule has 0 spiro atoms. The van der Waals surface area contributed by atoms with Crippen LogP contribution in [0, 0.1) is 11.3 Å². The molecule has 1 aliphatic rings. The monoisotopic (exact) mass is 276 g/mol. The molecule has 1 N–H and O–H groups in total. The Hall–Kier alpha value is -2.32. The molecule has 0 fully saturated rings. The summed E-state index contributed by atoms with van der Waals surface area (Å²) >= 11 is 6.02. The number of esters is 1. The van der Waals surface area contributed by atoms with Crippen LogP contribution in [-0.2, 0) is 9.53 Å². The highest BCUT2D eigenvalue weighted by atomic mass is 35.5. The highest BCUT2D eigenvalue weighted by Crippen LogP contribution is 2.33. The first-order valence-corrected chi connectivity index (χ1v) is 5.89. The van der Waals surface area contributed by atoms with Crippen LogP contribution in [0.3, 0.4) is 0 Å². The third kappa shape index (κ3) is 2.18. The lowest BCUT2D eigenvalue weighted by molar-refractivity contribution is -0.137. The van der Waals surface area contributed by atoms with Gasteiger partial charge in [0.1, 0.15) is 6.07 Å².